The molecule has 3 rings (SSSR count). The van der Waals surface area contributed by atoms with Crippen molar-refractivity contribution in [1.29, 1.82) is 0 Å². The van der Waals surface area contributed by atoms with E-state index >= 15 is 0 Å². The minimum absolute atomic E-state index is 0.0174. The van der Waals surface area contributed by atoms with Crippen molar-refractivity contribution in [2.24, 2.45) is 7.05 Å². The first-order chi connectivity index (χ1) is 12.4. The summed E-state index contributed by atoms with van der Waals surface area (Å²) in [7, 11) is 1.80. The molecule has 2 heterocycles. The van der Waals surface area contributed by atoms with E-state index in [1.807, 2.05) is 19.1 Å². The second kappa shape index (κ2) is 6.79. The number of rotatable bonds is 5. The van der Waals surface area contributed by atoms with Crippen LogP contribution in [0.3, 0.4) is 0 Å². The summed E-state index contributed by atoms with van der Waals surface area (Å²) >= 11 is 0. The van der Waals surface area contributed by atoms with E-state index in [2.05, 4.69) is 5.10 Å². The predicted molar refractivity (Wildman–Crippen MR) is 98.5 cm³/mol. The molecule has 0 unspecified atom stereocenters. The Morgan fingerprint density at radius 1 is 1.23 bits per heavy atom. The number of non-ortho nitro benzene ring substituents is 1. The molecule has 0 amide bonds. The van der Waals surface area contributed by atoms with Crippen LogP contribution in [-0.4, -0.2) is 25.1 Å². The summed E-state index contributed by atoms with van der Waals surface area (Å²) in [5.41, 5.74) is 3.52. The van der Waals surface area contributed by atoms with Gasteiger partial charge in [0.25, 0.3) is 5.69 Å². The van der Waals surface area contributed by atoms with Crippen molar-refractivity contribution in [2.75, 3.05) is 0 Å². The Morgan fingerprint density at radius 3 is 2.65 bits per heavy atom. The van der Waals surface area contributed by atoms with Crippen molar-refractivity contribution in [1.82, 2.24) is 14.3 Å². The number of ketones is 1. The standard InChI is InChI=1S/C19H18N4O3/c1-13-19(14(2)21(3)20-13)18(24)10-9-15-8-5-11-22(15)16-6-4-7-17(12-16)23(25)26/h4-12H,1-3H3/b10-9+. The van der Waals surface area contributed by atoms with Gasteiger partial charge in [0.15, 0.2) is 5.78 Å². The van der Waals surface area contributed by atoms with Crippen LogP contribution in [0.15, 0.2) is 48.7 Å². The van der Waals surface area contributed by atoms with Crippen LogP contribution >= 0.6 is 0 Å². The van der Waals surface area contributed by atoms with Gasteiger partial charge in [-0.25, -0.2) is 0 Å². The number of carbonyl (C=O) groups excluding carboxylic acids is 1. The summed E-state index contributed by atoms with van der Waals surface area (Å²) in [6.07, 6.45) is 5.00. The average molecular weight is 350 g/mol. The van der Waals surface area contributed by atoms with Gasteiger partial charge < -0.3 is 4.57 Å². The lowest BCUT2D eigenvalue weighted by atomic mass is 10.1. The fourth-order valence-corrected chi connectivity index (χ4v) is 2.90. The Hall–Kier alpha value is -3.48. The summed E-state index contributed by atoms with van der Waals surface area (Å²) in [6, 6.07) is 10.0. The molecule has 7 nitrogen and oxygen atoms in total. The third-order valence-corrected chi connectivity index (χ3v) is 4.26. The van der Waals surface area contributed by atoms with Crippen molar-refractivity contribution in [3.8, 4) is 5.69 Å². The van der Waals surface area contributed by atoms with Gasteiger partial charge >= 0.3 is 0 Å². The number of nitro groups is 1. The van der Waals surface area contributed by atoms with Crippen LogP contribution < -0.4 is 0 Å². The van der Waals surface area contributed by atoms with Crippen LogP contribution in [0.25, 0.3) is 11.8 Å². The Morgan fingerprint density at radius 2 is 2.00 bits per heavy atom. The SMILES string of the molecule is Cc1nn(C)c(C)c1C(=O)/C=C/c1cccn1-c1cccc([N+](=O)[O-])c1. The molecule has 0 atom stereocenters. The predicted octanol–water partition coefficient (Wildman–Crippen LogP) is 3.63. The maximum Gasteiger partial charge on any atom is 0.271 e. The number of hydrogen-bond donors (Lipinski definition) is 0. The van der Waals surface area contributed by atoms with Gasteiger partial charge in [-0.05, 0) is 44.2 Å². The van der Waals surface area contributed by atoms with Crippen LogP contribution in [0, 0.1) is 24.0 Å². The number of aryl methyl sites for hydroxylation is 2. The topological polar surface area (TPSA) is 83.0 Å². The summed E-state index contributed by atoms with van der Waals surface area (Å²) in [5.74, 6) is -0.125. The molecule has 26 heavy (non-hydrogen) atoms. The van der Waals surface area contributed by atoms with E-state index in [1.165, 1.54) is 18.2 Å². The third kappa shape index (κ3) is 3.19. The van der Waals surface area contributed by atoms with Gasteiger partial charge in [0.05, 0.1) is 21.9 Å². The number of carbonyl (C=O) groups is 1. The van der Waals surface area contributed by atoms with Crippen molar-refractivity contribution in [3.05, 3.63) is 81.4 Å². The van der Waals surface area contributed by atoms with Gasteiger partial charge in [0.2, 0.25) is 0 Å². The zero-order chi connectivity index (χ0) is 18.8. The Bertz CT molecular complexity index is 1030. The number of nitro benzene ring substituents is 1. The lowest BCUT2D eigenvalue weighted by Crippen LogP contribution is -2.00. The minimum atomic E-state index is -0.431. The summed E-state index contributed by atoms with van der Waals surface area (Å²) in [4.78, 5) is 23.1. The molecule has 0 saturated heterocycles. The smallest absolute Gasteiger partial charge is 0.271 e. The van der Waals surface area contributed by atoms with Crippen LogP contribution in [0.2, 0.25) is 0 Å². The highest BCUT2D eigenvalue weighted by Crippen LogP contribution is 2.20. The molecule has 0 aliphatic carbocycles. The molecule has 2 aromatic heterocycles. The first-order valence-electron chi connectivity index (χ1n) is 8.03. The second-order valence-electron chi connectivity index (χ2n) is 5.95. The maximum atomic E-state index is 12.5. The van der Waals surface area contributed by atoms with Crippen molar-refractivity contribution >= 4 is 17.5 Å². The Kier molecular flexibility index (Phi) is 4.53. The largest absolute Gasteiger partial charge is 0.317 e. The Labute approximate surface area is 150 Å². The highest BCUT2D eigenvalue weighted by atomic mass is 16.6. The monoisotopic (exact) mass is 350 g/mol. The zero-order valence-corrected chi connectivity index (χ0v) is 14.7. The van der Waals surface area contributed by atoms with E-state index < -0.39 is 4.92 Å². The summed E-state index contributed by atoms with van der Waals surface area (Å²) in [6.45, 7) is 3.66. The molecular weight excluding hydrogens is 332 g/mol. The highest BCUT2D eigenvalue weighted by molar-refractivity contribution is 6.08. The number of aromatic nitrogens is 3. The molecule has 3 aromatic rings. The summed E-state index contributed by atoms with van der Waals surface area (Å²) < 4.78 is 3.47. The normalized spacial score (nSPS) is 11.2. The molecule has 0 spiro atoms. The fourth-order valence-electron chi connectivity index (χ4n) is 2.90. The van der Waals surface area contributed by atoms with E-state index in [-0.39, 0.29) is 11.5 Å². The number of hydrogen-bond acceptors (Lipinski definition) is 4. The molecule has 0 fully saturated rings. The highest BCUT2D eigenvalue weighted by Gasteiger charge is 2.15. The lowest BCUT2D eigenvalue weighted by Gasteiger charge is -2.06. The van der Waals surface area contributed by atoms with Gasteiger partial charge in [0, 0.05) is 36.8 Å². The zero-order valence-electron chi connectivity index (χ0n) is 14.7. The van der Waals surface area contributed by atoms with Gasteiger partial charge in [-0.3, -0.25) is 19.6 Å². The molecule has 1 aromatic carbocycles. The van der Waals surface area contributed by atoms with Gasteiger partial charge in [-0.15, -0.1) is 0 Å². The first kappa shape index (κ1) is 17.3. The van der Waals surface area contributed by atoms with Crippen LogP contribution in [-0.2, 0) is 7.05 Å². The van der Waals surface area contributed by atoms with Gasteiger partial charge in [0.1, 0.15) is 0 Å². The Balaban J connectivity index is 1.92. The molecule has 0 bridgehead atoms. The van der Waals surface area contributed by atoms with E-state index in [0.29, 0.717) is 16.9 Å². The van der Waals surface area contributed by atoms with E-state index in [4.69, 9.17) is 0 Å². The van der Waals surface area contributed by atoms with Crippen molar-refractivity contribution in [3.63, 3.8) is 0 Å². The van der Waals surface area contributed by atoms with E-state index in [1.54, 1.807) is 47.6 Å². The molecular formula is C19H18N4O3. The maximum absolute atomic E-state index is 12.5. The van der Waals surface area contributed by atoms with E-state index in [0.717, 1.165) is 11.4 Å². The number of nitrogens with zero attached hydrogens (tertiary/aromatic N) is 4. The lowest BCUT2D eigenvalue weighted by molar-refractivity contribution is -0.384. The van der Waals surface area contributed by atoms with Gasteiger partial charge in [-0.2, -0.15) is 5.10 Å². The minimum Gasteiger partial charge on any atom is -0.317 e. The molecule has 0 radical (unpaired) electrons. The second-order valence-corrected chi connectivity index (χ2v) is 5.95. The van der Waals surface area contributed by atoms with Crippen LogP contribution in [0.1, 0.15) is 27.4 Å². The first-order valence-corrected chi connectivity index (χ1v) is 8.03. The number of benzene rings is 1. The fraction of sp³-hybridized carbons (Fsp3) is 0.158. The average Bonchev–Trinajstić information content (AvgIpc) is 3.17. The molecule has 0 saturated carbocycles. The van der Waals surface area contributed by atoms with E-state index in [9.17, 15) is 14.9 Å². The molecule has 132 valence electrons. The molecule has 7 heteroatoms. The summed E-state index contributed by atoms with van der Waals surface area (Å²) in [5, 5.41) is 15.2. The van der Waals surface area contributed by atoms with Crippen molar-refractivity contribution in [2.45, 2.75) is 13.8 Å². The molecule has 0 aliphatic rings. The molecule has 0 N–H and O–H groups in total. The van der Waals surface area contributed by atoms with Crippen molar-refractivity contribution < 1.29 is 9.72 Å². The quantitative estimate of drug-likeness (QED) is 0.304. The molecule has 0 aliphatic heterocycles. The van der Waals surface area contributed by atoms with Crippen LogP contribution in [0.5, 0.6) is 0 Å². The number of allylic oxidation sites excluding steroid dienone is 1. The van der Waals surface area contributed by atoms with Gasteiger partial charge in [-0.1, -0.05) is 6.07 Å². The third-order valence-electron chi connectivity index (χ3n) is 4.26. The van der Waals surface area contributed by atoms with Crippen LogP contribution in [0.4, 0.5) is 5.69 Å².